The zero-order valence-corrected chi connectivity index (χ0v) is 12.5. The van der Waals surface area contributed by atoms with Crippen molar-refractivity contribution in [3.8, 4) is 5.88 Å². The smallest absolute Gasteiger partial charge is 0.232 e. The molecular weight excluding hydrogens is 264 g/mol. The lowest BCUT2D eigenvalue weighted by Crippen LogP contribution is -2.38. The van der Waals surface area contributed by atoms with Crippen molar-refractivity contribution in [2.75, 3.05) is 18.0 Å². The van der Waals surface area contributed by atoms with Gasteiger partial charge < -0.3 is 9.64 Å². The first kappa shape index (κ1) is 13.8. The summed E-state index contributed by atoms with van der Waals surface area (Å²) in [4.78, 5) is 15.4. The molecule has 1 fully saturated rings. The summed E-state index contributed by atoms with van der Waals surface area (Å²) in [6.45, 7) is 5.86. The number of pyridine rings is 1. The Morgan fingerprint density at radius 2 is 1.86 bits per heavy atom. The van der Waals surface area contributed by atoms with Crippen LogP contribution < -0.4 is 9.64 Å². The molecule has 3 rings (SSSR count). The second kappa shape index (κ2) is 6.08. The minimum atomic E-state index is 0.210. The van der Waals surface area contributed by atoms with E-state index in [1.165, 1.54) is 0 Å². The fourth-order valence-electron chi connectivity index (χ4n) is 2.58. The fourth-order valence-corrected chi connectivity index (χ4v) is 2.58. The number of piperidine rings is 1. The maximum absolute atomic E-state index is 5.92. The van der Waals surface area contributed by atoms with Gasteiger partial charge in [-0.2, -0.15) is 0 Å². The molecule has 1 saturated heterocycles. The third-order valence-electron chi connectivity index (χ3n) is 3.66. The van der Waals surface area contributed by atoms with Crippen molar-refractivity contribution < 1.29 is 4.74 Å². The number of hydrogen-bond donors (Lipinski definition) is 0. The number of aromatic nitrogens is 3. The molecule has 1 aliphatic rings. The van der Waals surface area contributed by atoms with Gasteiger partial charge in [0.1, 0.15) is 11.9 Å². The van der Waals surface area contributed by atoms with Gasteiger partial charge in [-0.3, -0.25) is 4.98 Å². The fraction of sp³-hybridized carbons (Fsp3) is 0.438. The quantitative estimate of drug-likeness (QED) is 0.867. The molecule has 21 heavy (non-hydrogen) atoms. The van der Waals surface area contributed by atoms with Gasteiger partial charge in [-0.25, -0.2) is 9.97 Å². The maximum atomic E-state index is 5.92. The summed E-state index contributed by atoms with van der Waals surface area (Å²) >= 11 is 0. The number of rotatable bonds is 3. The number of nitrogens with zero attached hydrogens (tertiary/aromatic N) is 4. The van der Waals surface area contributed by atoms with Gasteiger partial charge in [-0.05, 0) is 26.0 Å². The summed E-state index contributed by atoms with van der Waals surface area (Å²) < 4.78 is 5.92. The van der Waals surface area contributed by atoms with Gasteiger partial charge in [0.25, 0.3) is 0 Å². The van der Waals surface area contributed by atoms with Crippen molar-refractivity contribution in [1.82, 2.24) is 15.0 Å². The largest absolute Gasteiger partial charge is 0.473 e. The molecule has 0 saturated carbocycles. The van der Waals surface area contributed by atoms with E-state index >= 15 is 0 Å². The first-order valence-corrected chi connectivity index (χ1v) is 7.34. The topological polar surface area (TPSA) is 51.1 Å². The second-order valence-electron chi connectivity index (χ2n) is 5.44. The molecule has 2 aromatic rings. The SMILES string of the molecule is Cc1cncc(OC2CCN(c3cccc(C)n3)CC2)n1. The van der Waals surface area contributed by atoms with Crippen LogP contribution in [-0.2, 0) is 0 Å². The molecule has 0 unspecified atom stereocenters. The Balaban J connectivity index is 1.58. The zero-order valence-electron chi connectivity index (χ0n) is 12.5. The van der Waals surface area contributed by atoms with Gasteiger partial charge in [-0.15, -0.1) is 0 Å². The Kier molecular flexibility index (Phi) is 3.99. The first-order valence-electron chi connectivity index (χ1n) is 7.34. The zero-order chi connectivity index (χ0) is 14.7. The number of ether oxygens (including phenoxy) is 1. The summed E-state index contributed by atoms with van der Waals surface area (Å²) in [6.07, 6.45) is 5.58. The summed E-state index contributed by atoms with van der Waals surface area (Å²) in [7, 11) is 0. The standard InChI is InChI=1S/C16H20N4O/c1-12-4-3-5-15(18-12)20-8-6-14(7-9-20)21-16-11-17-10-13(2)19-16/h3-5,10-11,14H,6-9H2,1-2H3. The van der Waals surface area contributed by atoms with E-state index in [4.69, 9.17) is 4.74 Å². The molecule has 0 aliphatic carbocycles. The van der Waals surface area contributed by atoms with Gasteiger partial charge in [0.2, 0.25) is 5.88 Å². The molecule has 5 nitrogen and oxygen atoms in total. The lowest BCUT2D eigenvalue weighted by atomic mass is 10.1. The van der Waals surface area contributed by atoms with Crippen LogP contribution in [0.25, 0.3) is 0 Å². The van der Waals surface area contributed by atoms with E-state index in [2.05, 4.69) is 32.0 Å². The Morgan fingerprint density at radius 3 is 2.57 bits per heavy atom. The Labute approximate surface area is 125 Å². The van der Waals surface area contributed by atoms with Gasteiger partial charge in [0, 0.05) is 37.8 Å². The molecule has 3 heterocycles. The van der Waals surface area contributed by atoms with Crippen LogP contribution in [0.5, 0.6) is 5.88 Å². The molecule has 0 spiro atoms. The maximum Gasteiger partial charge on any atom is 0.232 e. The summed E-state index contributed by atoms with van der Waals surface area (Å²) in [5.41, 5.74) is 1.94. The van der Waals surface area contributed by atoms with Crippen LogP contribution in [0.4, 0.5) is 5.82 Å². The third kappa shape index (κ3) is 3.48. The van der Waals surface area contributed by atoms with E-state index in [1.54, 1.807) is 12.4 Å². The van der Waals surface area contributed by atoms with E-state index in [0.29, 0.717) is 5.88 Å². The molecule has 0 amide bonds. The van der Waals surface area contributed by atoms with E-state index < -0.39 is 0 Å². The molecule has 0 N–H and O–H groups in total. The van der Waals surface area contributed by atoms with Crippen molar-refractivity contribution in [3.63, 3.8) is 0 Å². The highest BCUT2D eigenvalue weighted by Gasteiger charge is 2.21. The number of anilines is 1. The van der Waals surface area contributed by atoms with E-state index in [9.17, 15) is 0 Å². The van der Waals surface area contributed by atoms with E-state index in [0.717, 1.165) is 43.1 Å². The van der Waals surface area contributed by atoms with Gasteiger partial charge in [-0.1, -0.05) is 6.07 Å². The molecule has 1 aliphatic heterocycles. The third-order valence-corrected chi connectivity index (χ3v) is 3.66. The second-order valence-corrected chi connectivity index (χ2v) is 5.44. The average Bonchev–Trinajstić information content (AvgIpc) is 2.48. The minimum Gasteiger partial charge on any atom is -0.473 e. The monoisotopic (exact) mass is 284 g/mol. The Morgan fingerprint density at radius 1 is 1.05 bits per heavy atom. The van der Waals surface area contributed by atoms with Crippen LogP contribution in [0.1, 0.15) is 24.2 Å². The van der Waals surface area contributed by atoms with Crippen molar-refractivity contribution in [2.24, 2.45) is 0 Å². The highest BCUT2D eigenvalue weighted by Crippen LogP contribution is 2.21. The van der Waals surface area contributed by atoms with Gasteiger partial charge >= 0.3 is 0 Å². The summed E-state index contributed by atoms with van der Waals surface area (Å²) in [5.74, 6) is 1.69. The molecule has 5 heteroatoms. The Bertz CT molecular complexity index is 609. The van der Waals surface area contributed by atoms with Crippen LogP contribution >= 0.6 is 0 Å². The van der Waals surface area contributed by atoms with Crippen molar-refractivity contribution in [1.29, 1.82) is 0 Å². The molecule has 0 atom stereocenters. The predicted molar refractivity (Wildman–Crippen MR) is 81.6 cm³/mol. The molecule has 0 bridgehead atoms. The Hall–Kier alpha value is -2.17. The molecule has 110 valence electrons. The van der Waals surface area contributed by atoms with Gasteiger partial charge in [0.05, 0.1) is 11.9 Å². The van der Waals surface area contributed by atoms with Crippen LogP contribution in [0, 0.1) is 13.8 Å². The highest BCUT2D eigenvalue weighted by molar-refractivity contribution is 5.39. The lowest BCUT2D eigenvalue weighted by molar-refractivity contribution is 0.163. The van der Waals surface area contributed by atoms with E-state index in [1.807, 2.05) is 19.9 Å². The van der Waals surface area contributed by atoms with Crippen LogP contribution in [0.15, 0.2) is 30.6 Å². The average molecular weight is 284 g/mol. The minimum absolute atomic E-state index is 0.210. The molecule has 2 aromatic heterocycles. The van der Waals surface area contributed by atoms with Crippen LogP contribution in [0.3, 0.4) is 0 Å². The van der Waals surface area contributed by atoms with Crippen molar-refractivity contribution >= 4 is 5.82 Å². The van der Waals surface area contributed by atoms with Crippen molar-refractivity contribution in [2.45, 2.75) is 32.8 Å². The number of hydrogen-bond acceptors (Lipinski definition) is 5. The van der Waals surface area contributed by atoms with Crippen LogP contribution in [-0.4, -0.2) is 34.1 Å². The van der Waals surface area contributed by atoms with E-state index in [-0.39, 0.29) is 6.10 Å². The molecule has 0 radical (unpaired) electrons. The molecular formula is C16H20N4O. The first-order chi connectivity index (χ1) is 10.2. The normalized spacial score (nSPS) is 16.0. The number of aryl methyl sites for hydroxylation is 2. The van der Waals surface area contributed by atoms with Crippen molar-refractivity contribution in [3.05, 3.63) is 42.0 Å². The van der Waals surface area contributed by atoms with Gasteiger partial charge in [0.15, 0.2) is 0 Å². The highest BCUT2D eigenvalue weighted by atomic mass is 16.5. The summed E-state index contributed by atoms with van der Waals surface area (Å²) in [6, 6.07) is 6.15. The predicted octanol–water partition coefficient (Wildman–Crippen LogP) is 2.54. The summed E-state index contributed by atoms with van der Waals surface area (Å²) in [5, 5.41) is 0. The van der Waals surface area contributed by atoms with Crippen LogP contribution in [0.2, 0.25) is 0 Å². The molecule has 0 aromatic carbocycles. The lowest BCUT2D eigenvalue weighted by Gasteiger charge is -2.32.